The maximum Gasteiger partial charge on any atom is 0.432 e. The van der Waals surface area contributed by atoms with Crippen LogP contribution in [0.5, 0.6) is 5.75 Å². The van der Waals surface area contributed by atoms with Gasteiger partial charge in [-0.25, -0.2) is 29.0 Å². The molecule has 2 aromatic carbocycles. The average Bonchev–Trinajstić information content (AvgIpc) is 3.04. The lowest BCUT2D eigenvalue weighted by Gasteiger charge is -2.16. The second kappa shape index (κ2) is 8.59. The second-order valence-corrected chi connectivity index (χ2v) is 8.33. The van der Waals surface area contributed by atoms with Crippen molar-refractivity contribution in [3.63, 3.8) is 0 Å². The number of fused-ring (bicyclic) bond motifs is 1. The van der Waals surface area contributed by atoms with E-state index in [1.165, 1.54) is 41.2 Å². The summed E-state index contributed by atoms with van der Waals surface area (Å²) in [5.74, 6) is -0.399. The van der Waals surface area contributed by atoms with Gasteiger partial charge in [0.05, 0.1) is 23.0 Å². The average molecular weight is 452 g/mol. The molecule has 9 heteroatoms. The zero-order valence-electron chi connectivity index (χ0n) is 18.3. The SMILES string of the molecule is Cc1nc(-c2cccc(F)c2)ncc1OC(=O)Nn1cc(CC(C)(C)O)c2cc(F)ccc21. The highest BCUT2D eigenvalue weighted by Crippen LogP contribution is 2.26. The molecule has 1 amide bonds. The van der Waals surface area contributed by atoms with Crippen LogP contribution in [0.25, 0.3) is 22.3 Å². The van der Waals surface area contributed by atoms with Crippen LogP contribution in [-0.4, -0.2) is 31.4 Å². The van der Waals surface area contributed by atoms with Gasteiger partial charge in [0.2, 0.25) is 0 Å². The molecule has 0 unspecified atom stereocenters. The fourth-order valence-corrected chi connectivity index (χ4v) is 3.51. The number of nitrogens with one attached hydrogen (secondary N) is 1. The molecule has 0 radical (unpaired) electrons. The number of benzene rings is 2. The number of ether oxygens (including phenoxy) is 1. The Bertz CT molecular complexity index is 1350. The molecule has 33 heavy (non-hydrogen) atoms. The maximum atomic E-state index is 13.8. The van der Waals surface area contributed by atoms with E-state index in [1.54, 1.807) is 39.1 Å². The molecule has 0 aliphatic heterocycles. The van der Waals surface area contributed by atoms with E-state index < -0.39 is 23.3 Å². The first kappa shape index (κ1) is 22.3. The number of halogens is 2. The maximum absolute atomic E-state index is 13.8. The van der Waals surface area contributed by atoms with Gasteiger partial charge in [0.15, 0.2) is 11.6 Å². The van der Waals surface area contributed by atoms with Gasteiger partial charge < -0.3 is 9.84 Å². The number of hydrogen-bond acceptors (Lipinski definition) is 5. The molecule has 0 bridgehead atoms. The second-order valence-electron chi connectivity index (χ2n) is 8.33. The van der Waals surface area contributed by atoms with Crippen molar-refractivity contribution in [2.45, 2.75) is 32.8 Å². The van der Waals surface area contributed by atoms with Gasteiger partial charge in [-0.3, -0.25) is 4.68 Å². The standard InChI is InChI=1S/C24H22F2N4O3/c1-14-21(12-27-22(28-14)15-5-4-6-17(25)9-15)33-23(31)29-30-13-16(11-24(2,3)32)19-10-18(26)7-8-20(19)30/h4-10,12-13,32H,11H2,1-3H3,(H,29,31). The van der Waals surface area contributed by atoms with E-state index in [0.29, 0.717) is 33.5 Å². The molecule has 2 N–H and O–H groups in total. The minimum atomic E-state index is -1.02. The van der Waals surface area contributed by atoms with Crippen molar-refractivity contribution in [1.29, 1.82) is 0 Å². The van der Waals surface area contributed by atoms with Crippen LogP contribution in [0, 0.1) is 18.6 Å². The molecule has 2 aromatic heterocycles. The molecule has 4 aromatic rings. The lowest BCUT2D eigenvalue weighted by Crippen LogP contribution is -2.26. The van der Waals surface area contributed by atoms with E-state index in [9.17, 15) is 18.7 Å². The molecule has 0 atom stereocenters. The molecule has 4 rings (SSSR count). The van der Waals surface area contributed by atoms with Crippen LogP contribution < -0.4 is 10.2 Å². The van der Waals surface area contributed by atoms with Crippen LogP contribution in [0.3, 0.4) is 0 Å². The highest BCUT2D eigenvalue weighted by Gasteiger charge is 2.20. The van der Waals surface area contributed by atoms with Crippen LogP contribution in [0.2, 0.25) is 0 Å². The van der Waals surface area contributed by atoms with Crippen molar-refractivity contribution in [3.8, 4) is 17.1 Å². The van der Waals surface area contributed by atoms with E-state index in [-0.39, 0.29) is 12.2 Å². The summed E-state index contributed by atoms with van der Waals surface area (Å²) in [6.45, 7) is 4.93. The minimum Gasteiger partial charge on any atom is -0.406 e. The molecule has 0 saturated carbocycles. The smallest absolute Gasteiger partial charge is 0.406 e. The van der Waals surface area contributed by atoms with E-state index in [1.807, 2.05) is 0 Å². The van der Waals surface area contributed by atoms with Gasteiger partial charge in [0, 0.05) is 23.6 Å². The summed E-state index contributed by atoms with van der Waals surface area (Å²) in [5, 5.41) is 10.8. The Morgan fingerprint density at radius 3 is 2.64 bits per heavy atom. The van der Waals surface area contributed by atoms with E-state index in [4.69, 9.17) is 4.74 Å². The van der Waals surface area contributed by atoms with Crippen molar-refractivity contribution in [1.82, 2.24) is 14.6 Å². The molecular weight excluding hydrogens is 430 g/mol. The molecule has 0 aliphatic rings. The number of carbonyl (C=O) groups excluding carboxylic acids is 1. The first-order valence-electron chi connectivity index (χ1n) is 10.2. The molecule has 2 heterocycles. The third kappa shape index (κ3) is 5.15. The Kier molecular flexibility index (Phi) is 5.82. The summed E-state index contributed by atoms with van der Waals surface area (Å²) in [4.78, 5) is 21.0. The van der Waals surface area contributed by atoms with Crippen LogP contribution in [0.15, 0.2) is 54.9 Å². The van der Waals surface area contributed by atoms with E-state index in [2.05, 4.69) is 15.4 Å². The monoisotopic (exact) mass is 452 g/mol. The highest BCUT2D eigenvalue weighted by atomic mass is 19.1. The third-order valence-electron chi connectivity index (χ3n) is 4.90. The lowest BCUT2D eigenvalue weighted by atomic mass is 9.98. The van der Waals surface area contributed by atoms with Gasteiger partial charge in [-0.15, -0.1) is 0 Å². The Labute approximate surface area is 188 Å². The number of nitrogens with zero attached hydrogens (tertiary/aromatic N) is 3. The topological polar surface area (TPSA) is 89.3 Å². The largest absolute Gasteiger partial charge is 0.432 e. The molecule has 0 fully saturated rings. The molecule has 170 valence electrons. The molecular formula is C24H22F2N4O3. The van der Waals surface area contributed by atoms with Crippen molar-refractivity contribution >= 4 is 17.0 Å². The van der Waals surface area contributed by atoms with Gasteiger partial charge in [-0.05, 0) is 56.7 Å². The summed E-state index contributed by atoms with van der Waals surface area (Å²) >= 11 is 0. The molecule has 7 nitrogen and oxygen atoms in total. The molecule has 0 spiro atoms. The van der Waals surface area contributed by atoms with Gasteiger partial charge in [0.25, 0.3) is 0 Å². The van der Waals surface area contributed by atoms with Crippen molar-refractivity contribution < 1.29 is 23.4 Å². The number of aromatic nitrogens is 3. The number of aliphatic hydroxyl groups is 1. The van der Waals surface area contributed by atoms with Gasteiger partial charge in [-0.2, -0.15) is 0 Å². The normalized spacial score (nSPS) is 11.6. The zero-order valence-corrected chi connectivity index (χ0v) is 18.3. The van der Waals surface area contributed by atoms with Crippen LogP contribution >= 0.6 is 0 Å². The Morgan fingerprint density at radius 1 is 1.18 bits per heavy atom. The van der Waals surface area contributed by atoms with Crippen LogP contribution in [0.4, 0.5) is 13.6 Å². The van der Waals surface area contributed by atoms with Crippen molar-refractivity contribution in [2.24, 2.45) is 0 Å². The summed E-state index contributed by atoms with van der Waals surface area (Å²) in [6.07, 6.45) is 2.40. The fourth-order valence-electron chi connectivity index (χ4n) is 3.51. The van der Waals surface area contributed by atoms with Gasteiger partial charge >= 0.3 is 6.09 Å². The van der Waals surface area contributed by atoms with Crippen LogP contribution in [0.1, 0.15) is 25.1 Å². The third-order valence-corrected chi connectivity index (χ3v) is 4.90. The van der Waals surface area contributed by atoms with Gasteiger partial charge in [-0.1, -0.05) is 12.1 Å². The summed E-state index contributed by atoms with van der Waals surface area (Å²) < 4.78 is 34.0. The first-order valence-corrected chi connectivity index (χ1v) is 10.2. The predicted octanol–water partition coefficient (Wildman–Crippen LogP) is 4.74. The number of amides is 1. The number of rotatable bonds is 5. The predicted molar refractivity (Wildman–Crippen MR) is 119 cm³/mol. The van der Waals surface area contributed by atoms with Crippen LogP contribution in [-0.2, 0) is 6.42 Å². The summed E-state index contributed by atoms with van der Waals surface area (Å²) in [5.41, 5.74) is 3.66. The Hall–Kier alpha value is -3.85. The number of aryl methyl sites for hydroxylation is 1. The summed E-state index contributed by atoms with van der Waals surface area (Å²) in [6, 6.07) is 10.0. The highest BCUT2D eigenvalue weighted by molar-refractivity contribution is 5.87. The zero-order chi connectivity index (χ0) is 23.8. The van der Waals surface area contributed by atoms with Crippen molar-refractivity contribution in [2.75, 3.05) is 5.43 Å². The van der Waals surface area contributed by atoms with Crippen molar-refractivity contribution in [3.05, 3.63) is 77.8 Å². The number of carbonyl (C=O) groups is 1. The minimum absolute atomic E-state index is 0.131. The lowest BCUT2D eigenvalue weighted by molar-refractivity contribution is 0.0813. The molecule has 0 aliphatic carbocycles. The summed E-state index contributed by atoms with van der Waals surface area (Å²) in [7, 11) is 0. The number of hydrogen-bond donors (Lipinski definition) is 2. The Morgan fingerprint density at radius 2 is 1.94 bits per heavy atom. The first-order chi connectivity index (χ1) is 15.6. The Balaban J connectivity index is 1.56. The van der Waals surface area contributed by atoms with E-state index >= 15 is 0 Å². The quantitative estimate of drug-likeness (QED) is 0.457. The fraction of sp³-hybridized carbons (Fsp3) is 0.208. The van der Waals surface area contributed by atoms with E-state index in [0.717, 1.165) is 0 Å². The molecule has 0 saturated heterocycles. The van der Waals surface area contributed by atoms with Gasteiger partial charge in [0.1, 0.15) is 11.6 Å².